The van der Waals surface area contributed by atoms with Gasteiger partial charge in [-0.05, 0) is 65.4 Å². The number of carbonyl (C=O) groups is 1. The molecule has 0 aliphatic heterocycles. The van der Waals surface area contributed by atoms with Crippen LogP contribution in [0.1, 0.15) is 16.7 Å². The zero-order chi connectivity index (χ0) is 25.2. The van der Waals surface area contributed by atoms with Gasteiger partial charge in [-0.15, -0.1) is 0 Å². The maximum atomic E-state index is 14.0. The van der Waals surface area contributed by atoms with Gasteiger partial charge in [-0.25, -0.2) is 4.79 Å². The lowest BCUT2D eigenvalue weighted by Gasteiger charge is -2.20. The highest BCUT2D eigenvalue weighted by molar-refractivity contribution is 5.97. The lowest BCUT2D eigenvalue weighted by Crippen LogP contribution is -2.08. The fourth-order valence-electron chi connectivity index (χ4n) is 3.92. The van der Waals surface area contributed by atoms with E-state index >= 15 is 0 Å². The average Bonchev–Trinajstić information content (AvgIpc) is 2.82. The maximum absolute atomic E-state index is 14.0. The number of halogens is 3. The third-order valence-corrected chi connectivity index (χ3v) is 5.50. The second-order valence-corrected chi connectivity index (χ2v) is 7.88. The Balaban J connectivity index is 1.95. The third-order valence-electron chi connectivity index (χ3n) is 5.50. The summed E-state index contributed by atoms with van der Waals surface area (Å²) in [6.45, 7) is 1.87. The van der Waals surface area contributed by atoms with Gasteiger partial charge in [-0.1, -0.05) is 42.5 Å². The van der Waals surface area contributed by atoms with Crippen LogP contribution in [0.5, 0.6) is 17.2 Å². The molecule has 0 radical (unpaired) electrons. The van der Waals surface area contributed by atoms with Gasteiger partial charge in [-0.2, -0.15) is 13.2 Å². The van der Waals surface area contributed by atoms with Crippen LogP contribution in [0.2, 0.25) is 0 Å². The van der Waals surface area contributed by atoms with Gasteiger partial charge < -0.3 is 14.6 Å². The van der Waals surface area contributed by atoms with Crippen LogP contribution < -0.4 is 9.47 Å². The molecule has 0 aliphatic carbocycles. The molecule has 4 aromatic carbocycles. The van der Waals surface area contributed by atoms with E-state index in [2.05, 4.69) is 0 Å². The summed E-state index contributed by atoms with van der Waals surface area (Å²) in [4.78, 5) is 10.8. The molecule has 0 saturated carbocycles. The van der Waals surface area contributed by atoms with Gasteiger partial charge in [0.2, 0.25) is 0 Å². The number of rotatable bonds is 6. The van der Waals surface area contributed by atoms with Crippen LogP contribution in [0, 0.1) is 6.92 Å². The van der Waals surface area contributed by atoms with Crippen molar-refractivity contribution in [3.63, 3.8) is 0 Å². The maximum Gasteiger partial charge on any atom is 0.420 e. The Morgan fingerprint density at radius 2 is 1.71 bits per heavy atom. The molecule has 4 nitrogen and oxygen atoms in total. The predicted octanol–water partition coefficient (Wildman–Crippen LogP) is 7.73. The second kappa shape index (κ2) is 9.54. The number of hydrogen-bond donors (Lipinski definition) is 1. The number of aryl methyl sites for hydroxylation is 1. The average molecular weight is 478 g/mol. The molecule has 0 amide bonds. The standard InChI is InChI=1S/C28H21F3O4/c1-17-14-20-16-21(34-2)10-11-22(20)27(26(17)19-6-4-3-5-7-19)35-24-12-8-18(9-13-25(32)33)15-23(24)28(29,30)31/h3-16H,1-2H3,(H,32,33)/b13-9+. The summed E-state index contributed by atoms with van der Waals surface area (Å²) in [7, 11) is 1.54. The summed E-state index contributed by atoms with van der Waals surface area (Å²) < 4.78 is 53.4. The summed E-state index contributed by atoms with van der Waals surface area (Å²) >= 11 is 0. The summed E-state index contributed by atoms with van der Waals surface area (Å²) in [5.74, 6) is -0.744. The Hall–Kier alpha value is -4.26. The van der Waals surface area contributed by atoms with Gasteiger partial charge in [-0.3, -0.25) is 0 Å². The number of carboxylic acids is 1. The number of fused-ring (bicyclic) bond motifs is 1. The van der Waals surface area contributed by atoms with E-state index in [0.29, 0.717) is 16.7 Å². The molecule has 0 heterocycles. The van der Waals surface area contributed by atoms with Crippen LogP contribution in [0.4, 0.5) is 13.2 Å². The Kier molecular flexibility index (Phi) is 6.51. The van der Waals surface area contributed by atoms with E-state index in [1.807, 2.05) is 43.3 Å². The molecule has 178 valence electrons. The molecular weight excluding hydrogens is 457 g/mol. The van der Waals surface area contributed by atoms with Crippen molar-refractivity contribution in [2.45, 2.75) is 13.1 Å². The van der Waals surface area contributed by atoms with E-state index in [1.54, 1.807) is 25.3 Å². The monoisotopic (exact) mass is 478 g/mol. The Morgan fingerprint density at radius 1 is 0.971 bits per heavy atom. The first-order chi connectivity index (χ1) is 16.7. The van der Waals surface area contributed by atoms with Gasteiger partial charge >= 0.3 is 12.1 Å². The molecule has 0 fully saturated rings. The highest BCUT2D eigenvalue weighted by Crippen LogP contribution is 2.45. The first-order valence-electron chi connectivity index (χ1n) is 10.6. The number of methoxy groups -OCH3 is 1. The van der Waals surface area contributed by atoms with Crippen molar-refractivity contribution in [1.29, 1.82) is 0 Å². The van der Waals surface area contributed by atoms with Crippen molar-refractivity contribution in [3.8, 4) is 28.4 Å². The Morgan fingerprint density at radius 3 is 2.37 bits per heavy atom. The van der Waals surface area contributed by atoms with Crippen molar-refractivity contribution in [3.05, 3.63) is 95.6 Å². The molecule has 4 rings (SSSR count). The SMILES string of the molecule is COc1ccc2c(Oc3ccc(/C=C/C(=O)O)cc3C(F)(F)F)c(-c3ccccc3)c(C)cc2c1. The van der Waals surface area contributed by atoms with Crippen LogP contribution in [0.15, 0.2) is 78.9 Å². The van der Waals surface area contributed by atoms with Crippen LogP contribution in [0.3, 0.4) is 0 Å². The molecule has 7 heteroatoms. The molecule has 4 aromatic rings. The fraction of sp³-hybridized carbons (Fsp3) is 0.107. The van der Waals surface area contributed by atoms with Gasteiger partial charge in [0.25, 0.3) is 0 Å². The Bertz CT molecular complexity index is 1420. The van der Waals surface area contributed by atoms with Gasteiger partial charge in [0.05, 0.1) is 12.7 Å². The molecule has 35 heavy (non-hydrogen) atoms. The van der Waals surface area contributed by atoms with E-state index in [0.717, 1.165) is 34.7 Å². The van der Waals surface area contributed by atoms with Crippen LogP contribution in [0.25, 0.3) is 28.0 Å². The molecule has 0 atom stereocenters. The molecular formula is C28H21F3O4. The van der Waals surface area contributed by atoms with E-state index in [1.165, 1.54) is 12.1 Å². The van der Waals surface area contributed by atoms with Gasteiger partial charge in [0.1, 0.15) is 17.2 Å². The van der Waals surface area contributed by atoms with Crippen LogP contribution in [-0.4, -0.2) is 18.2 Å². The van der Waals surface area contributed by atoms with Crippen LogP contribution in [-0.2, 0) is 11.0 Å². The minimum atomic E-state index is -4.72. The number of aliphatic carboxylic acids is 1. The predicted molar refractivity (Wildman–Crippen MR) is 129 cm³/mol. The zero-order valence-corrected chi connectivity index (χ0v) is 18.9. The quantitative estimate of drug-likeness (QED) is 0.288. The van der Waals surface area contributed by atoms with E-state index in [-0.39, 0.29) is 17.1 Å². The summed E-state index contributed by atoms with van der Waals surface area (Å²) in [5.41, 5.74) is 1.38. The number of hydrogen-bond acceptors (Lipinski definition) is 3. The van der Waals surface area contributed by atoms with E-state index in [4.69, 9.17) is 14.6 Å². The minimum absolute atomic E-state index is 0.0918. The third kappa shape index (κ3) is 5.14. The number of ether oxygens (including phenoxy) is 2. The Labute approximate surface area is 199 Å². The van der Waals surface area contributed by atoms with Gasteiger partial charge in [0, 0.05) is 17.0 Å². The first kappa shape index (κ1) is 23.9. The minimum Gasteiger partial charge on any atom is -0.497 e. The van der Waals surface area contributed by atoms with Crippen molar-refractivity contribution in [2.75, 3.05) is 7.11 Å². The number of alkyl halides is 3. The lowest BCUT2D eigenvalue weighted by atomic mass is 9.94. The summed E-state index contributed by atoms with van der Waals surface area (Å²) in [5, 5.41) is 10.2. The number of carboxylic acid groups (broad SMARTS) is 1. The summed E-state index contributed by atoms with van der Waals surface area (Å²) in [6, 6.07) is 20.0. The second-order valence-electron chi connectivity index (χ2n) is 7.88. The molecule has 0 aliphatic rings. The van der Waals surface area contributed by atoms with E-state index in [9.17, 15) is 18.0 Å². The largest absolute Gasteiger partial charge is 0.497 e. The molecule has 0 bridgehead atoms. The topological polar surface area (TPSA) is 55.8 Å². The highest BCUT2D eigenvalue weighted by atomic mass is 19.4. The fourth-order valence-corrected chi connectivity index (χ4v) is 3.92. The van der Waals surface area contributed by atoms with Crippen molar-refractivity contribution >= 4 is 22.8 Å². The number of benzene rings is 4. The molecule has 1 N–H and O–H groups in total. The lowest BCUT2D eigenvalue weighted by molar-refractivity contribution is -0.138. The van der Waals surface area contributed by atoms with Gasteiger partial charge in [0.15, 0.2) is 0 Å². The molecule has 0 spiro atoms. The van der Waals surface area contributed by atoms with Crippen molar-refractivity contribution < 1.29 is 32.5 Å². The zero-order valence-electron chi connectivity index (χ0n) is 18.9. The summed E-state index contributed by atoms with van der Waals surface area (Å²) in [6.07, 6.45) is -2.84. The smallest absolute Gasteiger partial charge is 0.420 e. The molecule has 0 unspecified atom stereocenters. The molecule has 0 saturated heterocycles. The van der Waals surface area contributed by atoms with E-state index < -0.39 is 17.7 Å². The molecule has 0 aromatic heterocycles. The normalized spacial score (nSPS) is 11.7. The van der Waals surface area contributed by atoms with Crippen molar-refractivity contribution in [2.24, 2.45) is 0 Å². The van der Waals surface area contributed by atoms with Crippen molar-refractivity contribution in [1.82, 2.24) is 0 Å². The first-order valence-corrected chi connectivity index (χ1v) is 10.6. The highest BCUT2D eigenvalue weighted by Gasteiger charge is 2.35. The van der Waals surface area contributed by atoms with Crippen LogP contribution >= 0.6 is 0 Å².